The van der Waals surface area contributed by atoms with E-state index < -0.39 is 39.3 Å². The van der Waals surface area contributed by atoms with Gasteiger partial charge in [0.2, 0.25) is 0 Å². The van der Waals surface area contributed by atoms with Crippen LogP contribution in [0.25, 0.3) is 28.1 Å². The second-order valence-corrected chi connectivity index (χ2v) is 12.1. The predicted molar refractivity (Wildman–Crippen MR) is 159 cm³/mol. The van der Waals surface area contributed by atoms with Gasteiger partial charge in [0.15, 0.2) is 4.91 Å². The van der Waals surface area contributed by atoms with Crippen LogP contribution in [0.4, 0.5) is 5.69 Å². The SMILES string of the molecule is CCCN(CCC)c1ccc2cc(-c3ccc(C=C(C#N)S(=O)(=O)NCC4OCC(O)C(O)C4O)n3C)ccc2c1. The molecule has 0 amide bonds. The van der Waals surface area contributed by atoms with Crippen LogP contribution >= 0.6 is 0 Å². The molecule has 1 aliphatic rings. The first kappa shape index (κ1) is 30.7. The number of aliphatic hydroxyl groups excluding tert-OH is 3. The Morgan fingerprint density at radius 3 is 2.44 bits per heavy atom. The quantitative estimate of drug-likeness (QED) is 0.252. The Labute approximate surface area is 241 Å². The fourth-order valence-corrected chi connectivity index (χ4v) is 6.02. The van der Waals surface area contributed by atoms with E-state index in [1.807, 2.05) is 16.7 Å². The van der Waals surface area contributed by atoms with Gasteiger partial charge in [0, 0.05) is 43.8 Å². The molecule has 1 saturated heterocycles. The Bertz CT molecular complexity index is 1540. The highest BCUT2D eigenvalue weighted by atomic mass is 32.2. The number of anilines is 1. The average Bonchev–Trinajstić information content (AvgIpc) is 3.33. The monoisotopic (exact) mass is 582 g/mol. The topological polar surface area (TPSA) is 148 Å². The Hall–Kier alpha value is -3.24. The van der Waals surface area contributed by atoms with E-state index in [4.69, 9.17) is 4.74 Å². The highest BCUT2D eigenvalue weighted by Gasteiger charge is 2.38. The molecule has 1 aliphatic heterocycles. The standard InChI is InChI=1S/C30H38N4O6S/c1-4-12-34(13-5-2)24-9-8-20-14-22(7-6-21(20)15-24)26-11-10-23(33(26)3)16-25(17-31)41(38,39)32-18-28-30(37)29(36)27(35)19-40-28/h6-11,14-16,27-30,32,35-37H,4-5,12-13,18-19H2,1-3H3. The van der Waals surface area contributed by atoms with Crippen molar-refractivity contribution in [3.8, 4) is 17.3 Å². The summed E-state index contributed by atoms with van der Waals surface area (Å²) in [5.74, 6) is 0. The number of hydrogen-bond donors (Lipinski definition) is 4. The molecule has 220 valence electrons. The third kappa shape index (κ3) is 6.81. The van der Waals surface area contributed by atoms with Gasteiger partial charge in [-0.2, -0.15) is 5.26 Å². The normalized spacial score (nSPS) is 21.6. The van der Waals surface area contributed by atoms with Gasteiger partial charge in [-0.3, -0.25) is 0 Å². The minimum atomic E-state index is -4.25. The van der Waals surface area contributed by atoms with Gasteiger partial charge < -0.3 is 29.5 Å². The van der Waals surface area contributed by atoms with Crippen LogP contribution in [0.5, 0.6) is 0 Å². The molecule has 0 saturated carbocycles. The lowest BCUT2D eigenvalue weighted by Gasteiger charge is -2.35. The van der Waals surface area contributed by atoms with Crippen LogP contribution in [0, 0.1) is 11.3 Å². The lowest BCUT2D eigenvalue weighted by atomic mass is 10.0. The number of nitrogens with one attached hydrogen (secondary N) is 1. The molecule has 4 unspecified atom stereocenters. The van der Waals surface area contributed by atoms with Crippen LogP contribution in [0.2, 0.25) is 0 Å². The zero-order valence-electron chi connectivity index (χ0n) is 23.6. The largest absolute Gasteiger partial charge is 0.388 e. The van der Waals surface area contributed by atoms with E-state index in [9.17, 15) is 29.0 Å². The second kappa shape index (κ2) is 13.2. The molecule has 10 nitrogen and oxygen atoms in total. The zero-order chi connectivity index (χ0) is 29.7. The van der Waals surface area contributed by atoms with E-state index in [-0.39, 0.29) is 13.2 Å². The smallest absolute Gasteiger partial charge is 0.250 e. The molecule has 4 atom stereocenters. The van der Waals surface area contributed by atoms with Crippen LogP contribution in [-0.4, -0.2) is 79.0 Å². The summed E-state index contributed by atoms with van der Waals surface area (Å²) in [4.78, 5) is 1.89. The lowest BCUT2D eigenvalue weighted by Crippen LogP contribution is -2.56. The van der Waals surface area contributed by atoms with E-state index >= 15 is 0 Å². The van der Waals surface area contributed by atoms with Crippen molar-refractivity contribution in [2.24, 2.45) is 7.05 Å². The van der Waals surface area contributed by atoms with Gasteiger partial charge >= 0.3 is 0 Å². The molecule has 0 radical (unpaired) electrons. The van der Waals surface area contributed by atoms with Gasteiger partial charge in [0.1, 0.15) is 24.4 Å². The van der Waals surface area contributed by atoms with Crippen molar-refractivity contribution >= 4 is 32.6 Å². The van der Waals surface area contributed by atoms with Crippen LogP contribution in [0.1, 0.15) is 32.4 Å². The number of aromatic nitrogens is 1. The molecule has 1 fully saturated rings. The highest BCUT2D eigenvalue weighted by Crippen LogP contribution is 2.29. The van der Waals surface area contributed by atoms with Crippen molar-refractivity contribution in [2.75, 3.05) is 31.1 Å². The van der Waals surface area contributed by atoms with Crippen molar-refractivity contribution in [2.45, 2.75) is 51.1 Å². The third-order valence-electron chi connectivity index (χ3n) is 7.39. The fourth-order valence-electron chi connectivity index (χ4n) is 5.08. The summed E-state index contributed by atoms with van der Waals surface area (Å²) in [5, 5.41) is 41.4. The lowest BCUT2D eigenvalue weighted by molar-refractivity contribution is -0.184. The third-order valence-corrected chi connectivity index (χ3v) is 8.73. The first-order valence-electron chi connectivity index (χ1n) is 13.8. The molecule has 2 heterocycles. The summed E-state index contributed by atoms with van der Waals surface area (Å²) in [6.45, 7) is 5.76. The van der Waals surface area contributed by atoms with E-state index in [0.29, 0.717) is 5.69 Å². The number of hydrogen-bond acceptors (Lipinski definition) is 8. The number of allylic oxidation sites excluding steroid dienone is 1. The second-order valence-electron chi connectivity index (χ2n) is 10.3. The Balaban J connectivity index is 1.54. The van der Waals surface area contributed by atoms with Crippen molar-refractivity contribution in [1.29, 1.82) is 5.26 Å². The Kier molecular flexibility index (Phi) is 9.86. The van der Waals surface area contributed by atoms with Gasteiger partial charge in [-0.25, -0.2) is 13.1 Å². The summed E-state index contributed by atoms with van der Waals surface area (Å²) in [7, 11) is -2.45. The van der Waals surface area contributed by atoms with Gasteiger partial charge in [-0.15, -0.1) is 0 Å². The van der Waals surface area contributed by atoms with Crippen molar-refractivity contribution < 1.29 is 28.5 Å². The molecular weight excluding hydrogens is 544 g/mol. The van der Waals surface area contributed by atoms with E-state index in [2.05, 4.69) is 53.8 Å². The van der Waals surface area contributed by atoms with Gasteiger partial charge in [-0.1, -0.05) is 32.0 Å². The van der Waals surface area contributed by atoms with Crippen LogP contribution < -0.4 is 9.62 Å². The number of benzene rings is 2. The Morgan fingerprint density at radius 1 is 1.07 bits per heavy atom. The number of fused-ring (bicyclic) bond motifs is 1. The maximum absolute atomic E-state index is 12.9. The predicted octanol–water partition coefficient (Wildman–Crippen LogP) is 2.74. The molecule has 3 aromatic rings. The molecule has 4 rings (SSSR count). The van der Waals surface area contributed by atoms with Crippen molar-refractivity contribution in [3.63, 3.8) is 0 Å². The van der Waals surface area contributed by atoms with E-state index in [0.717, 1.165) is 48.0 Å². The number of sulfonamides is 1. The van der Waals surface area contributed by atoms with Crippen molar-refractivity contribution in [1.82, 2.24) is 9.29 Å². The molecule has 11 heteroatoms. The first-order chi connectivity index (χ1) is 19.6. The number of rotatable bonds is 11. The summed E-state index contributed by atoms with van der Waals surface area (Å²) in [6, 6.07) is 18.0. The van der Waals surface area contributed by atoms with Gasteiger partial charge in [0.25, 0.3) is 10.0 Å². The summed E-state index contributed by atoms with van der Waals surface area (Å²) < 4.78 is 35.1. The summed E-state index contributed by atoms with van der Waals surface area (Å²) in [5.41, 5.74) is 3.53. The molecule has 0 bridgehead atoms. The zero-order valence-corrected chi connectivity index (χ0v) is 24.4. The van der Waals surface area contributed by atoms with E-state index in [1.165, 1.54) is 11.8 Å². The minimum absolute atomic E-state index is 0.246. The molecule has 2 aromatic carbocycles. The van der Waals surface area contributed by atoms with Crippen LogP contribution in [0.15, 0.2) is 53.4 Å². The van der Waals surface area contributed by atoms with Crippen molar-refractivity contribution in [3.05, 3.63) is 59.1 Å². The van der Waals surface area contributed by atoms with Crippen LogP contribution in [0.3, 0.4) is 0 Å². The molecule has 4 N–H and O–H groups in total. The number of nitrogens with zero attached hydrogens (tertiary/aromatic N) is 3. The maximum atomic E-state index is 12.9. The number of ether oxygens (including phenoxy) is 1. The molecule has 1 aromatic heterocycles. The molecule has 41 heavy (non-hydrogen) atoms. The number of nitriles is 1. The molecule has 0 spiro atoms. The average molecular weight is 583 g/mol. The van der Waals surface area contributed by atoms with Crippen LogP contribution in [-0.2, 0) is 21.8 Å². The molecular formula is C30H38N4O6S. The highest BCUT2D eigenvalue weighted by molar-refractivity contribution is 7.93. The van der Waals surface area contributed by atoms with E-state index in [1.54, 1.807) is 19.2 Å². The number of aliphatic hydroxyl groups is 3. The summed E-state index contributed by atoms with van der Waals surface area (Å²) >= 11 is 0. The minimum Gasteiger partial charge on any atom is -0.388 e. The molecule has 0 aliphatic carbocycles. The van der Waals surface area contributed by atoms with Gasteiger partial charge in [0.05, 0.1) is 12.7 Å². The van der Waals surface area contributed by atoms with Gasteiger partial charge in [-0.05, 0) is 65.6 Å². The fraction of sp³-hybridized carbons (Fsp3) is 0.433. The summed E-state index contributed by atoms with van der Waals surface area (Å²) in [6.07, 6.45) is -1.83. The maximum Gasteiger partial charge on any atom is 0.250 e. The first-order valence-corrected chi connectivity index (χ1v) is 15.3. The Morgan fingerprint density at radius 2 is 1.76 bits per heavy atom.